The predicted octanol–water partition coefficient (Wildman–Crippen LogP) is 1.60. The van der Waals surface area contributed by atoms with Crippen molar-refractivity contribution in [3.8, 4) is 0 Å². The van der Waals surface area contributed by atoms with E-state index in [9.17, 15) is 8.78 Å². The van der Waals surface area contributed by atoms with Gasteiger partial charge in [0, 0.05) is 31.0 Å². The second-order valence-corrected chi connectivity index (χ2v) is 5.05. The van der Waals surface area contributed by atoms with Gasteiger partial charge in [-0.2, -0.15) is 8.78 Å². The summed E-state index contributed by atoms with van der Waals surface area (Å²) in [6.07, 6.45) is 6.35. The SMILES string of the molecule is FC(F)n1ccnc1CNC1CCN2CCCC12. The minimum absolute atomic E-state index is 0.418. The fourth-order valence-corrected chi connectivity index (χ4v) is 3.20. The van der Waals surface area contributed by atoms with Gasteiger partial charge in [0.15, 0.2) is 0 Å². The van der Waals surface area contributed by atoms with Crippen molar-refractivity contribution < 1.29 is 8.78 Å². The molecule has 1 N–H and O–H groups in total. The number of nitrogens with zero attached hydrogens (tertiary/aromatic N) is 3. The quantitative estimate of drug-likeness (QED) is 0.888. The summed E-state index contributed by atoms with van der Waals surface area (Å²) in [4.78, 5) is 6.49. The third-order valence-corrected chi connectivity index (χ3v) is 4.09. The van der Waals surface area contributed by atoms with Crippen LogP contribution in [0.1, 0.15) is 31.6 Å². The van der Waals surface area contributed by atoms with Gasteiger partial charge in [-0.05, 0) is 25.8 Å². The van der Waals surface area contributed by atoms with E-state index in [1.807, 2.05) is 0 Å². The van der Waals surface area contributed by atoms with Crippen molar-refractivity contribution in [2.45, 2.75) is 44.4 Å². The highest BCUT2D eigenvalue weighted by atomic mass is 19.3. The summed E-state index contributed by atoms with van der Waals surface area (Å²) >= 11 is 0. The summed E-state index contributed by atoms with van der Waals surface area (Å²) in [6.45, 7) is 0.239. The molecule has 0 aliphatic carbocycles. The van der Waals surface area contributed by atoms with Crippen molar-refractivity contribution in [3.05, 3.63) is 18.2 Å². The van der Waals surface area contributed by atoms with Crippen molar-refractivity contribution in [3.63, 3.8) is 0 Å². The number of aromatic nitrogens is 2. The lowest BCUT2D eigenvalue weighted by atomic mass is 10.1. The first-order chi connectivity index (χ1) is 8.75. The molecule has 2 aliphatic rings. The maximum absolute atomic E-state index is 12.7. The van der Waals surface area contributed by atoms with E-state index in [1.165, 1.54) is 31.8 Å². The van der Waals surface area contributed by atoms with E-state index in [0.29, 0.717) is 24.5 Å². The predicted molar refractivity (Wildman–Crippen MR) is 63.3 cm³/mol. The number of hydrogen-bond acceptors (Lipinski definition) is 3. The molecule has 3 rings (SSSR count). The highest BCUT2D eigenvalue weighted by Gasteiger charge is 2.36. The largest absolute Gasteiger partial charge is 0.319 e. The van der Waals surface area contributed by atoms with E-state index in [4.69, 9.17) is 0 Å². The maximum atomic E-state index is 12.7. The van der Waals surface area contributed by atoms with Gasteiger partial charge < -0.3 is 5.32 Å². The number of alkyl halides is 2. The number of hydrogen-bond donors (Lipinski definition) is 1. The molecule has 4 nitrogen and oxygen atoms in total. The van der Waals surface area contributed by atoms with E-state index in [-0.39, 0.29) is 0 Å². The molecule has 1 aromatic rings. The zero-order valence-corrected chi connectivity index (χ0v) is 10.2. The molecule has 0 amide bonds. The summed E-state index contributed by atoms with van der Waals surface area (Å²) in [5.41, 5.74) is 0. The van der Waals surface area contributed by atoms with Gasteiger partial charge in [0.05, 0.1) is 6.54 Å². The molecule has 0 aromatic carbocycles. The van der Waals surface area contributed by atoms with Gasteiger partial charge in [-0.3, -0.25) is 9.47 Å². The van der Waals surface area contributed by atoms with Gasteiger partial charge in [0.25, 0.3) is 0 Å². The highest BCUT2D eigenvalue weighted by Crippen LogP contribution is 2.28. The van der Waals surface area contributed by atoms with Crippen LogP contribution in [-0.2, 0) is 6.54 Å². The van der Waals surface area contributed by atoms with E-state index in [0.717, 1.165) is 17.5 Å². The minimum Gasteiger partial charge on any atom is -0.305 e. The Labute approximate surface area is 105 Å². The van der Waals surface area contributed by atoms with E-state index < -0.39 is 6.55 Å². The number of fused-ring (bicyclic) bond motifs is 1. The minimum atomic E-state index is -2.50. The molecular formula is C12H18F2N4. The zero-order chi connectivity index (χ0) is 12.5. The number of rotatable bonds is 4. The van der Waals surface area contributed by atoms with E-state index >= 15 is 0 Å². The van der Waals surface area contributed by atoms with Crippen LogP contribution in [0.3, 0.4) is 0 Å². The first-order valence-corrected chi connectivity index (χ1v) is 6.53. The van der Waals surface area contributed by atoms with Gasteiger partial charge in [0.2, 0.25) is 0 Å². The first kappa shape index (κ1) is 12.0. The Kier molecular flexibility index (Phi) is 3.30. The fraction of sp³-hybridized carbons (Fsp3) is 0.750. The molecule has 0 spiro atoms. The van der Waals surface area contributed by atoms with Crippen LogP contribution in [0.5, 0.6) is 0 Å². The second kappa shape index (κ2) is 4.93. The lowest BCUT2D eigenvalue weighted by Crippen LogP contribution is -2.39. The van der Waals surface area contributed by atoms with Crippen LogP contribution in [0.2, 0.25) is 0 Å². The van der Waals surface area contributed by atoms with Gasteiger partial charge in [0.1, 0.15) is 5.82 Å². The first-order valence-electron chi connectivity index (χ1n) is 6.53. The summed E-state index contributed by atoms with van der Waals surface area (Å²) < 4.78 is 26.3. The van der Waals surface area contributed by atoms with Crippen LogP contribution in [0, 0.1) is 0 Å². The van der Waals surface area contributed by atoms with Gasteiger partial charge >= 0.3 is 6.55 Å². The van der Waals surface area contributed by atoms with Crippen LogP contribution >= 0.6 is 0 Å². The number of nitrogens with one attached hydrogen (secondary N) is 1. The van der Waals surface area contributed by atoms with Crippen LogP contribution in [0.15, 0.2) is 12.4 Å². The summed E-state index contributed by atoms with van der Waals surface area (Å²) in [5, 5.41) is 3.39. The molecule has 2 atom stereocenters. The Morgan fingerprint density at radius 3 is 3.11 bits per heavy atom. The molecule has 100 valence electrons. The van der Waals surface area contributed by atoms with E-state index in [2.05, 4.69) is 15.2 Å². The van der Waals surface area contributed by atoms with Crippen molar-refractivity contribution in [2.24, 2.45) is 0 Å². The van der Waals surface area contributed by atoms with Crippen LogP contribution in [0.4, 0.5) is 8.78 Å². The monoisotopic (exact) mass is 256 g/mol. The molecule has 3 heterocycles. The average molecular weight is 256 g/mol. The molecular weight excluding hydrogens is 238 g/mol. The molecule has 2 aliphatic heterocycles. The highest BCUT2D eigenvalue weighted by molar-refractivity contribution is 4.98. The van der Waals surface area contributed by atoms with Gasteiger partial charge in [-0.15, -0.1) is 0 Å². The summed E-state index contributed by atoms with van der Waals surface area (Å²) in [5.74, 6) is 0.418. The molecule has 1 aromatic heterocycles. The average Bonchev–Trinajstić information content (AvgIpc) is 3.03. The van der Waals surface area contributed by atoms with Crippen LogP contribution in [-0.4, -0.2) is 39.6 Å². The maximum Gasteiger partial charge on any atom is 0.319 e. The molecule has 2 fully saturated rings. The Bertz CT molecular complexity index is 407. The summed E-state index contributed by atoms with van der Waals surface area (Å²) in [6, 6.07) is 1.02. The summed E-state index contributed by atoms with van der Waals surface area (Å²) in [7, 11) is 0. The van der Waals surface area contributed by atoms with Crippen LogP contribution in [0.25, 0.3) is 0 Å². The topological polar surface area (TPSA) is 33.1 Å². The molecule has 6 heteroatoms. The normalized spacial score (nSPS) is 28.2. The Balaban J connectivity index is 1.59. The Morgan fingerprint density at radius 2 is 2.28 bits per heavy atom. The lowest BCUT2D eigenvalue weighted by Gasteiger charge is -2.21. The van der Waals surface area contributed by atoms with Crippen molar-refractivity contribution >= 4 is 0 Å². The number of halogens is 2. The standard InChI is InChI=1S/C12H18F2N4/c13-12(14)18-7-4-15-11(18)8-16-9-3-6-17-5-1-2-10(9)17/h4,7,9-10,12,16H,1-3,5-6,8H2. The third kappa shape index (κ3) is 2.14. The zero-order valence-electron chi connectivity index (χ0n) is 10.2. The van der Waals surface area contributed by atoms with Gasteiger partial charge in [-0.25, -0.2) is 4.98 Å². The second-order valence-electron chi connectivity index (χ2n) is 5.05. The van der Waals surface area contributed by atoms with Gasteiger partial charge in [-0.1, -0.05) is 0 Å². The molecule has 18 heavy (non-hydrogen) atoms. The van der Waals surface area contributed by atoms with E-state index in [1.54, 1.807) is 0 Å². The molecule has 2 unspecified atom stereocenters. The smallest absolute Gasteiger partial charge is 0.305 e. The van der Waals surface area contributed by atoms with Crippen LogP contribution < -0.4 is 5.32 Å². The molecule has 0 saturated carbocycles. The Morgan fingerprint density at radius 1 is 1.39 bits per heavy atom. The Hall–Kier alpha value is -1.01. The van der Waals surface area contributed by atoms with Crippen molar-refractivity contribution in [1.29, 1.82) is 0 Å². The fourth-order valence-electron chi connectivity index (χ4n) is 3.20. The lowest BCUT2D eigenvalue weighted by molar-refractivity contribution is 0.0664. The van der Waals surface area contributed by atoms with Crippen molar-refractivity contribution in [2.75, 3.05) is 13.1 Å². The molecule has 0 radical (unpaired) electrons. The molecule has 0 bridgehead atoms. The van der Waals surface area contributed by atoms with Crippen molar-refractivity contribution in [1.82, 2.24) is 19.8 Å². The number of imidazole rings is 1. The molecule has 2 saturated heterocycles. The third-order valence-electron chi connectivity index (χ3n) is 4.09.